The SMILES string of the molecule is C/C(N)=C(/C(=N)OCCCN)[N+](=O)[O-]. The van der Waals surface area contributed by atoms with E-state index in [1.165, 1.54) is 6.92 Å². The zero-order chi connectivity index (χ0) is 11.1. The van der Waals surface area contributed by atoms with Gasteiger partial charge in [0.1, 0.15) is 0 Å². The fourth-order valence-corrected chi connectivity index (χ4v) is 0.732. The Labute approximate surface area is 81.4 Å². The fourth-order valence-electron chi connectivity index (χ4n) is 0.732. The maximum atomic E-state index is 10.4. The zero-order valence-corrected chi connectivity index (χ0v) is 7.95. The summed E-state index contributed by atoms with van der Waals surface area (Å²) in [5.74, 6) is -0.525. The van der Waals surface area contributed by atoms with Crippen molar-refractivity contribution in [3.63, 3.8) is 0 Å². The molecular formula is C7H14N4O3. The van der Waals surface area contributed by atoms with Gasteiger partial charge in [-0.3, -0.25) is 15.5 Å². The van der Waals surface area contributed by atoms with Gasteiger partial charge in [-0.05, 0) is 19.9 Å². The molecule has 0 amide bonds. The summed E-state index contributed by atoms with van der Waals surface area (Å²) in [5.41, 5.74) is 9.88. The van der Waals surface area contributed by atoms with Crippen molar-refractivity contribution in [2.45, 2.75) is 13.3 Å². The maximum absolute atomic E-state index is 10.4. The molecule has 0 radical (unpaired) electrons. The molecule has 5 N–H and O–H groups in total. The van der Waals surface area contributed by atoms with Crippen LogP contribution in [0, 0.1) is 15.5 Å². The Hall–Kier alpha value is -1.63. The summed E-state index contributed by atoms with van der Waals surface area (Å²) < 4.78 is 4.79. The smallest absolute Gasteiger partial charge is 0.348 e. The van der Waals surface area contributed by atoms with Gasteiger partial charge in [-0.25, -0.2) is 0 Å². The number of nitrogens with zero attached hydrogens (tertiary/aromatic N) is 1. The second-order valence-electron chi connectivity index (χ2n) is 2.61. The third-order valence-corrected chi connectivity index (χ3v) is 1.37. The number of nitrogens with two attached hydrogens (primary N) is 2. The molecular weight excluding hydrogens is 188 g/mol. The Morgan fingerprint density at radius 2 is 2.21 bits per heavy atom. The second-order valence-corrected chi connectivity index (χ2v) is 2.61. The summed E-state index contributed by atoms with van der Waals surface area (Å²) in [6.07, 6.45) is 0.539. The Bertz CT molecular complexity index is 258. The van der Waals surface area contributed by atoms with Crippen molar-refractivity contribution < 1.29 is 9.66 Å². The average Bonchev–Trinajstić information content (AvgIpc) is 2.03. The van der Waals surface area contributed by atoms with Gasteiger partial charge in [-0.15, -0.1) is 0 Å². The van der Waals surface area contributed by atoms with Gasteiger partial charge >= 0.3 is 5.70 Å². The summed E-state index contributed by atoms with van der Waals surface area (Å²) in [6.45, 7) is 1.94. The molecule has 0 heterocycles. The van der Waals surface area contributed by atoms with Crippen LogP contribution in [0.2, 0.25) is 0 Å². The van der Waals surface area contributed by atoms with E-state index in [0.29, 0.717) is 13.0 Å². The molecule has 0 aliphatic rings. The molecule has 0 saturated heterocycles. The largest absolute Gasteiger partial charge is 0.473 e. The normalized spacial score (nSPS) is 11.9. The van der Waals surface area contributed by atoms with Crippen LogP contribution in [0.5, 0.6) is 0 Å². The van der Waals surface area contributed by atoms with E-state index >= 15 is 0 Å². The highest BCUT2D eigenvalue weighted by molar-refractivity contribution is 5.88. The van der Waals surface area contributed by atoms with E-state index in [9.17, 15) is 10.1 Å². The molecule has 14 heavy (non-hydrogen) atoms. The summed E-state index contributed by atoms with van der Waals surface area (Å²) in [5, 5.41) is 17.7. The van der Waals surface area contributed by atoms with Gasteiger partial charge in [0.05, 0.1) is 17.2 Å². The number of allylic oxidation sites excluding steroid dienone is 1. The molecule has 0 saturated carbocycles. The third-order valence-electron chi connectivity index (χ3n) is 1.37. The van der Waals surface area contributed by atoms with E-state index in [1.54, 1.807) is 0 Å². The topological polar surface area (TPSA) is 128 Å². The lowest BCUT2D eigenvalue weighted by molar-refractivity contribution is -0.418. The van der Waals surface area contributed by atoms with Crippen LogP contribution in [0.3, 0.4) is 0 Å². The van der Waals surface area contributed by atoms with Crippen molar-refractivity contribution in [1.82, 2.24) is 0 Å². The lowest BCUT2D eigenvalue weighted by atomic mass is 10.3. The first kappa shape index (κ1) is 12.4. The predicted octanol–water partition coefficient (Wildman–Crippen LogP) is -0.204. The van der Waals surface area contributed by atoms with Crippen molar-refractivity contribution in [2.24, 2.45) is 11.5 Å². The minimum absolute atomic E-state index is 0.0484. The molecule has 80 valence electrons. The van der Waals surface area contributed by atoms with Crippen LogP contribution in [-0.2, 0) is 4.74 Å². The van der Waals surface area contributed by atoms with Crippen molar-refractivity contribution >= 4 is 5.90 Å². The first-order valence-corrected chi connectivity index (χ1v) is 4.03. The third kappa shape index (κ3) is 3.85. The van der Waals surface area contributed by atoms with Gasteiger partial charge in [-0.2, -0.15) is 0 Å². The Kier molecular flexibility index (Phi) is 5.23. The molecule has 0 atom stereocenters. The van der Waals surface area contributed by atoms with Crippen LogP contribution in [-0.4, -0.2) is 24.0 Å². The molecule has 7 heteroatoms. The van der Waals surface area contributed by atoms with Crippen LogP contribution < -0.4 is 11.5 Å². The average molecular weight is 202 g/mol. The molecule has 0 spiro atoms. The van der Waals surface area contributed by atoms with Gasteiger partial charge in [0.2, 0.25) is 0 Å². The van der Waals surface area contributed by atoms with Gasteiger partial charge in [0.15, 0.2) is 0 Å². The van der Waals surface area contributed by atoms with E-state index in [0.717, 1.165) is 0 Å². The van der Waals surface area contributed by atoms with E-state index in [-0.39, 0.29) is 12.3 Å². The number of nitrogens with one attached hydrogen (secondary N) is 1. The molecule has 0 aromatic carbocycles. The highest BCUT2D eigenvalue weighted by Gasteiger charge is 2.21. The van der Waals surface area contributed by atoms with Crippen molar-refractivity contribution in [3.8, 4) is 0 Å². The Balaban J connectivity index is 4.34. The fraction of sp³-hybridized carbons (Fsp3) is 0.571. The summed E-state index contributed by atoms with van der Waals surface area (Å²) in [7, 11) is 0. The maximum Gasteiger partial charge on any atom is 0.348 e. The summed E-state index contributed by atoms with van der Waals surface area (Å²) in [6, 6.07) is 0. The van der Waals surface area contributed by atoms with E-state index < -0.39 is 16.5 Å². The van der Waals surface area contributed by atoms with Gasteiger partial charge in [0.25, 0.3) is 5.90 Å². The second kappa shape index (κ2) is 5.92. The van der Waals surface area contributed by atoms with Crippen LogP contribution >= 0.6 is 0 Å². The number of rotatable bonds is 5. The predicted molar refractivity (Wildman–Crippen MR) is 51.2 cm³/mol. The molecule has 0 aromatic heterocycles. The monoisotopic (exact) mass is 202 g/mol. The minimum Gasteiger partial charge on any atom is -0.473 e. The lowest BCUT2D eigenvalue weighted by Gasteiger charge is -2.04. The number of ether oxygens (including phenoxy) is 1. The molecule has 0 aromatic rings. The van der Waals surface area contributed by atoms with Crippen LogP contribution in [0.25, 0.3) is 0 Å². The standard InChI is InChI=1S/C7H14N4O3/c1-5(9)6(11(12)13)7(10)14-4-2-3-8/h10H,2-4,8-9H2,1H3/b6-5+,10-7?. The number of hydrogen-bond donors (Lipinski definition) is 3. The highest BCUT2D eigenvalue weighted by atomic mass is 16.6. The van der Waals surface area contributed by atoms with E-state index in [2.05, 4.69) is 0 Å². The van der Waals surface area contributed by atoms with Gasteiger partial charge in [-0.1, -0.05) is 0 Å². The van der Waals surface area contributed by atoms with Crippen molar-refractivity contribution in [1.29, 1.82) is 5.41 Å². The van der Waals surface area contributed by atoms with Crippen molar-refractivity contribution in [3.05, 3.63) is 21.5 Å². The van der Waals surface area contributed by atoms with E-state index in [1.807, 2.05) is 0 Å². The van der Waals surface area contributed by atoms with E-state index in [4.69, 9.17) is 21.6 Å². The first-order chi connectivity index (χ1) is 6.50. The molecule has 0 unspecified atom stereocenters. The van der Waals surface area contributed by atoms with Crippen LogP contribution in [0.1, 0.15) is 13.3 Å². The quantitative estimate of drug-likeness (QED) is 0.187. The number of hydrogen-bond acceptors (Lipinski definition) is 6. The lowest BCUT2D eigenvalue weighted by Crippen LogP contribution is -2.19. The summed E-state index contributed by atoms with van der Waals surface area (Å²) >= 11 is 0. The summed E-state index contributed by atoms with van der Waals surface area (Å²) in [4.78, 5) is 9.70. The molecule has 0 bridgehead atoms. The van der Waals surface area contributed by atoms with Crippen LogP contribution in [0.15, 0.2) is 11.4 Å². The van der Waals surface area contributed by atoms with Gasteiger partial charge < -0.3 is 16.2 Å². The molecule has 7 nitrogen and oxygen atoms in total. The van der Waals surface area contributed by atoms with Crippen molar-refractivity contribution in [2.75, 3.05) is 13.2 Å². The Morgan fingerprint density at radius 3 is 2.57 bits per heavy atom. The highest BCUT2D eigenvalue weighted by Crippen LogP contribution is 2.03. The van der Waals surface area contributed by atoms with Crippen LogP contribution in [0.4, 0.5) is 0 Å². The minimum atomic E-state index is -0.736. The molecule has 0 fully saturated rings. The number of nitro groups is 1. The molecule has 0 aliphatic carbocycles. The van der Waals surface area contributed by atoms with Gasteiger partial charge in [0, 0.05) is 0 Å². The molecule has 0 aliphatic heterocycles. The Morgan fingerprint density at radius 1 is 1.64 bits per heavy atom. The molecule has 0 rings (SSSR count). The first-order valence-electron chi connectivity index (χ1n) is 4.03. The zero-order valence-electron chi connectivity index (χ0n) is 7.95.